The summed E-state index contributed by atoms with van der Waals surface area (Å²) in [7, 11) is 1.63. The molecule has 0 unspecified atom stereocenters. The Morgan fingerprint density at radius 1 is 1.09 bits per heavy atom. The number of aromatic nitrogens is 2. The normalized spacial score (nSPS) is 14.9. The summed E-state index contributed by atoms with van der Waals surface area (Å²) in [6, 6.07) is 18.1. The molecule has 1 aromatic heterocycles. The Hall–Kier alpha value is -3.48. The zero-order chi connectivity index (χ0) is 24.7. The van der Waals surface area contributed by atoms with Crippen molar-refractivity contribution < 1.29 is 14.6 Å². The van der Waals surface area contributed by atoms with E-state index in [1.54, 1.807) is 31.4 Å². The van der Waals surface area contributed by atoms with Crippen molar-refractivity contribution >= 4 is 29.1 Å². The second-order valence-electron chi connectivity index (χ2n) is 8.53. The van der Waals surface area contributed by atoms with Crippen molar-refractivity contribution in [3.63, 3.8) is 0 Å². The van der Waals surface area contributed by atoms with Crippen molar-refractivity contribution in [3.8, 4) is 22.8 Å². The highest BCUT2D eigenvalue weighted by Gasteiger charge is 2.42. The number of aromatic hydroxyl groups is 1. The zero-order valence-corrected chi connectivity index (χ0v) is 20.7. The molecule has 4 aromatic rings. The van der Waals surface area contributed by atoms with Crippen LogP contribution in [0, 0.1) is 6.92 Å². The van der Waals surface area contributed by atoms with Crippen LogP contribution >= 0.6 is 23.2 Å². The van der Waals surface area contributed by atoms with Crippen LogP contribution < -0.4 is 4.74 Å². The van der Waals surface area contributed by atoms with Crippen LogP contribution in [-0.4, -0.2) is 39.8 Å². The minimum atomic E-state index is -0.402. The van der Waals surface area contributed by atoms with E-state index < -0.39 is 6.04 Å². The standard InChI is InChI=1S/C27H23Cl2N3O3/c1-15-13-22(33)20(14-21(15)29)24-23-25(31-30-24)27(34)32(26(23)17-5-7-18(28)8-6-17)12-11-16-3-9-19(35-2)10-4-16/h3-10,13-14,26,33H,11-12H2,1-2H3,(H,30,31)/t26-/m1/s1. The fourth-order valence-electron chi connectivity index (χ4n) is 4.52. The maximum Gasteiger partial charge on any atom is 0.273 e. The lowest BCUT2D eigenvalue weighted by Crippen LogP contribution is -2.31. The first kappa shape index (κ1) is 23.3. The van der Waals surface area contributed by atoms with Gasteiger partial charge in [0.2, 0.25) is 0 Å². The Kier molecular flexibility index (Phi) is 6.17. The number of nitrogens with one attached hydrogen (secondary N) is 1. The lowest BCUT2D eigenvalue weighted by molar-refractivity contribution is 0.0746. The highest BCUT2D eigenvalue weighted by molar-refractivity contribution is 6.31. The highest BCUT2D eigenvalue weighted by Crippen LogP contribution is 2.45. The summed E-state index contributed by atoms with van der Waals surface area (Å²) in [4.78, 5) is 15.4. The zero-order valence-electron chi connectivity index (χ0n) is 19.2. The third-order valence-corrected chi connectivity index (χ3v) is 7.04. The highest BCUT2D eigenvalue weighted by atomic mass is 35.5. The Balaban J connectivity index is 1.57. The van der Waals surface area contributed by atoms with Gasteiger partial charge in [-0.1, -0.05) is 47.5 Å². The number of H-pyrrole nitrogens is 1. The SMILES string of the molecule is COc1ccc(CCN2C(=O)c3[nH]nc(-c4cc(Cl)c(C)cc4O)c3[C@H]2c2ccc(Cl)cc2)cc1. The molecule has 0 bridgehead atoms. The lowest BCUT2D eigenvalue weighted by Gasteiger charge is -2.26. The number of amides is 1. The Morgan fingerprint density at radius 2 is 1.80 bits per heavy atom. The fourth-order valence-corrected chi connectivity index (χ4v) is 4.81. The van der Waals surface area contributed by atoms with Gasteiger partial charge in [0.25, 0.3) is 5.91 Å². The molecule has 0 aliphatic carbocycles. The number of nitrogens with zero attached hydrogens (tertiary/aromatic N) is 2. The van der Waals surface area contributed by atoms with Gasteiger partial charge in [0.15, 0.2) is 0 Å². The number of carbonyl (C=O) groups excluding carboxylic acids is 1. The number of phenols is 1. The summed E-state index contributed by atoms with van der Waals surface area (Å²) in [5.74, 6) is 0.692. The average Bonchev–Trinajstić information content (AvgIpc) is 3.40. The summed E-state index contributed by atoms with van der Waals surface area (Å²) in [6.07, 6.45) is 0.661. The molecule has 3 aromatic carbocycles. The van der Waals surface area contributed by atoms with Crippen molar-refractivity contribution in [1.29, 1.82) is 0 Å². The number of hydrogen-bond donors (Lipinski definition) is 2. The number of benzene rings is 3. The van der Waals surface area contributed by atoms with Crippen molar-refractivity contribution in [1.82, 2.24) is 15.1 Å². The Labute approximate surface area is 213 Å². The van der Waals surface area contributed by atoms with Crippen LogP contribution in [0.3, 0.4) is 0 Å². The van der Waals surface area contributed by atoms with Gasteiger partial charge in [-0.2, -0.15) is 5.10 Å². The van der Waals surface area contributed by atoms with Gasteiger partial charge in [-0.3, -0.25) is 9.89 Å². The third-order valence-electron chi connectivity index (χ3n) is 6.38. The number of hydrogen-bond acceptors (Lipinski definition) is 4. The van der Waals surface area contributed by atoms with Crippen molar-refractivity contribution in [2.24, 2.45) is 0 Å². The van der Waals surface area contributed by atoms with E-state index in [0.29, 0.717) is 45.5 Å². The topological polar surface area (TPSA) is 78.5 Å². The number of carbonyl (C=O) groups is 1. The summed E-state index contributed by atoms with van der Waals surface area (Å²) in [6.45, 7) is 2.31. The predicted molar refractivity (Wildman–Crippen MR) is 136 cm³/mol. The molecule has 0 fully saturated rings. The molecule has 2 N–H and O–H groups in total. The number of ether oxygens (including phenoxy) is 1. The Bertz CT molecular complexity index is 1400. The quantitative estimate of drug-likeness (QED) is 0.325. The minimum Gasteiger partial charge on any atom is -0.507 e. The number of fused-ring (bicyclic) bond motifs is 1. The molecule has 0 radical (unpaired) electrons. The third kappa shape index (κ3) is 4.24. The van der Waals surface area contributed by atoms with Gasteiger partial charge < -0.3 is 14.7 Å². The molecule has 5 rings (SSSR count). The Morgan fingerprint density at radius 3 is 2.49 bits per heavy atom. The fraction of sp³-hybridized carbons (Fsp3) is 0.185. The lowest BCUT2D eigenvalue weighted by atomic mass is 9.95. The molecule has 0 saturated carbocycles. The van der Waals surface area contributed by atoms with Crippen LogP contribution in [0.5, 0.6) is 11.5 Å². The van der Waals surface area contributed by atoms with Crippen molar-refractivity contribution in [3.05, 3.63) is 98.7 Å². The van der Waals surface area contributed by atoms with E-state index in [2.05, 4.69) is 10.2 Å². The average molecular weight is 508 g/mol. The van der Waals surface area contributed by atoms with Gasteiger partial charge in [-0.15, -0.1) is 0 Å². The molecule has 1 amide bonds. The molecule has 35 heavy (non-hydrogen) atoms. The van der Waals surface area contributed by atoms with Crippen LogP contribution in [0.1, 0.15) is 38.8 Å². The van der Waals surface area contributed by atoms with Crippen LogP contribution in [-0.2, 0) is 6.42 Å². The van der Waals surface area contributed by atoms with Crippen LogP contribution in [0.15, 0.2) is 60.7 Å². The van der Waals surface area contributed by atoms with E-state index in [0.717, 1.165) is 22.4 Å². The molecular formula is C27H23Cl2N3O3. The molecule has 1 aliphatic rings. The molecule has 0 spiro atoms. The number of halogens is 2. The summed E-state index contributed by atoms with van der Waals surface area (Å²) in [5, 5.41) is 19.2. The van der Waals surface area contributed by atoms with E-state index in [9.17, 15) is 9.90 Å². The summed E-state index contributed by atoms with van der Waals surface area (Å²) >= 11 is 12.5. The van der Waals surface area contributed by atoms with Crippen molar-refractivity contribution in [2.45, 2.75) is 19.4 Å². The number of methoxy groups -OCH3 is 1. The van der Waals surface area contributed by atoms with Gasteiger partial charge >= 0.3 is 0 Å². The van der Waals surface area contributed by atoms with E-state index in [4.69, 9.17) is 27.9 Å². The number of phenolic OH excluding ortho intramolecular Hbond substituents is 1. The number of rotatable bonds is 6. The van der Waals surface area contributed by atoms with Crippen LogP contribution in [0.25, 0.3) is 11.3 Å². The number of aromatic amines is 1. The van der Waals surface area contributed by atoms with Gasteiger partial charge in [-0.05, 0) is 66.4 Å². The van der Waals surface area contributed by atoms with Crippen LogP contribution in [0.2, 0.25) is 10.0 Å². The maximum absolute atomic E-state index is 13.5. The monoisotopic (exact) mass is 507 g/mol. The largest absolute Gasteiger partial charge is 0.507 e. The molecule has 6 nitrogen and oxygen atoms in total. The minimum absolute atomic E-state index is 0.0557. The molecular weight excluding hydrogens is 485 g/mol. The van der Waals surface area contributed by atoms with Gasteiger partial charge in [0, 0.05) is 27.7 Å². The van der Waals surface area contributed by atoms with E-state index in [1.807, 2.05) is 48.2 Å². The predicted octanol–water partition coefficient (Wildman–Crippen LogP) is 6.19. The van der Waals surface area contributed by atoms with E-state index >= 15 is 0 Å². The first-order valence-electron chi connectivity index (χ1n) is 11.1. The smallest absolute Gasteiger partial charge is 0.273 e. The van der Waals surface area contributed by atoms with Gasteiger partial charge in [-0.25, -0.2) is 0 Å². The first-order chi connectivity index (χ1) is 16.9. The molecule has 2 heterocycles. The maximum atomic E-state index is 13.5. The molecule has 8 heteroatoms. The summed E-state index contributed by atoms with van der Waals surface area (Å²) in [5.41, 5.74) is 4.84. The first-order valence-corrected chi connectivity index (χ1v) is 11.9. The second kappa shape index (κ2) is 9.29. The molecule has 1 atom stereocenters. The van der Waals surface area contributed by atoms with Gasteiger partial charge in [0.05, 0.1) is 13.2 Å². The van der Waals surface area contributed by atoms with E-state index in [-0.39, 0.29) is 11.7 Å². The van der Waals surface area contributed by atoms with Gasteiger partial charge in [0.1, 0.15) is 22.9 Å². The second-order valence-corrected chi connectivity index (χ2v) is 9.37. The molecule has 178 valence electrons. The van der Waals surface area contributed by atoms with Crippen LogP contribution in [0.4, 0.5) is 0 Å². The van der Waals surface area contributed by atoms with E-state index in [1.165, 1.54) is 0 Å². The molecule has 1 aliphatic heterocycles. The molecule has 0 saturated heterocycles. The summed E-state index contributed by atoms with van der Waals surface area (Å²) < 4.78 is 5.24. The van der Waals surface area contributed by atoms with Crippen molar-refractivity contribution in [2.75, 3.05) is 13.7 Å². The number of aryl methyl sites for hydroxylation is 1.